The second kappa shape index (κ2) is 4.25. The molecule has 2 aromatic heterocycles. The highest BCUT2D eigenvalue weighted by atomic mass is 16.3. The van der Waals surface area contributed by atoms with Crippen LogP contribution in [0.25, 0.3) is 0 Å². The minimum Gasteiger partial charge on any atom is -0.396 e. The van der Waals surface area contributed by atoms with Crippen molar-refractivity contribution in [2.24, 2.45) is 5.92 Å². The van der Waals surface area contributed by atoms with Crippen molar-refractivity contribution < 1.29 is 5.11 Å². The lowest BCUT2D eigenvalue weighted by atomic mass is 10.0. The Labute approximate surface area is 98.1 Å². The second-order valence-electron chi connectivity index (χ2n) is 4.32. The summed E-state index contributed by atoms with van der Waals surface area (Å²) in [6, 6.07) is 0. The van der Waals surface area contributed by atoms with Crippen LogP contribution in [-0.4, -0.2) is 41.2 Å². The Hall–Kier alpha value is -1.76. The van der Waals surface area contributed by atoms with Crippen molar-refractivity contribution in [3.63, 3.8) is 0 Å². The number of rotatable bonds is 3. The third kappa shape index (κ3) is 1.93. The zero-order valence-corrected chi connectivity index (χ0v) is 9.40. The van der Waals surface area contributed by atoms with E-state index in [1.165, 1.54) is 6.33 Å². The highest BCUT2D eigenvalue weighted by Crippen LogP contribution is 2.19. The maximum Gasteiger partial charge on any atom is 0.154 e. The van der Waals surface area contributed by atoms with Crippen LogP contribution in [0.1, 0.15) is 18.1 Å². The van der Waals surface area contributed by atoms with E-state index in [2.05, 4.69) is 24.8 Å². The summed E-state index contributed by atoms with van der Waals surface area (Å²) in [5.74, 6) is 2.20. The van der Waals surface area contributed by atoms with Crippen molar-refractivity contribution in [2.75, 3.05) is 6.61 Å². The molecule has 90 valence electrons. The van der Waals surface area contributed by atoms with E-state index in [4.69, 9.17) is 0 Å². The van der Waals surface area contributed by atoms with Gasteiger partial charge in [-0.2, -0.15) is 5.10 Å². The average Bonchev–Trinajstić information content (AvgIpc) is 2.99. The van der Waals surface area contributed by atoms with Crippen LogP contribution in [0.4, 0.5) is 0 Å². The minimum absolute atomic E-state index is 0.223. The summed E-state index contributed by atoms with van der Waals surface area (Å²) in [6.45, 7) is 1.59. The summed E-state index contributed by atoms with van der Waals surface area (Å²) < 4.78 is 3.81. The number of aliphatic hydroxyl groups is 1. The lowest BCUT2D eigenvalue weighted by Gasteiger charge is -2.22. The van der Waals surface area contributed by atoms with E-state index < -0.39 is 0 Å². The Kier molecular flexibility index (Phi) is 2.60. The normalized spacial score (nSPS) is 19.2. The largest absolute Gasteiger partial charge is 0.396 e. The van der Waals surface area contributed by atoms with Gasteiger partial charge in [-0.05, 0) is 6.42 Å². The van der Waals surface area contributed by atoms with Crippen LogP contribution < -0.4 is 0 Å². The molecule has 0 spiro atoms. The number of aliphatic hydroxyl groups excluding tert-OH is 1. The first-order chi connectivity index (χ1) is 8.36. The van der Waals surface area contributed by atoms with Gasteiger partial charge in [0, 0.05) is 25.5 Å². The third-order valence-corrected chi connectivity index (χ3v) is 3.15. The van der Waals surface area contributed by atoms with Gasteiger partial charge in [0.15, 0.2) is 5.82 Å². The molecular formula is C10H14N6O. The standard InChI is InChI=1S/C10H14N6O/c17-5-8-1-2-9-13-14-10(16(9)3-8)4-15-7-11-6-12-15/h6-8,17H,1-5H2. The monoisotopic (exact) mass is 234 g/mol. The fourth-order valence-electron chi connectivity index (χ4n) is 2.18. The SMILES string of the molecule is OCC1CCc2nnc(Cn3cncn3)n2C1. The highest BCUT2D eigenvalue weighted by Gasteiger charge is 2.22. The van der Waals surface area contributed by atoms with Gasteiger partial charge in [-0.1, -0.05) is 0 Å². The first kappa shape index (κ1) is 10.4. The fraction of sp³-hybridized carbons (Fsp3) is 0.600. The van der Waals surface area contributed by atoms with Gasteiger partial charge in [-0.25, -0.2) is 9.67 Å². The lowest BCUT2D eigenvalue weighted by molar-refractivity contribution is 0.189. The molecule has 0 aromatic carbocycles. The van der Waals surface area contributed by atoms with Crippen molar-refractivity contribution >= 4 is 0 Å². The molecule has 1 N–H and O–H groups in total. The molecule has 7 heteroatoms. The number of aryl methyl sites for hydroxylation is 1. The van der Waals surface area contributed by atoms with Gasteiger partial charge < -0.3 is 9.67 Å². The molecule has 3 rings (SSSR count). The molecule has 3 heterocycles. The lowest BCUT2D eigenvalue weighted by Crippen LogP contribution is -2.24. The molecular weight excluding hydrogens is 220 g/mol. The van der Waals surface area contributed by atoms with E-state index in [1.807, 2.05) is 0 Å². The van der Waals surface area contributed by atoms with E-state index in [1.54, 1.807) is 11.0 Å². The van der Waals surface area contributed by atoms with E-state index in [9.17, 15) is 5.11 Å². The van der Waals surface area contributed by atoms with Crippen molar-refractivity contribution in [1.29, 1.82) is 0 Å². The quantitative estimate of drug-likeness (QED) is 0.772. The third-order valence-electron chi connectivity index (χ3n) is 3.15. The molecule has 0 bridgehead atoms. The van der Waals surface area contributed by atoms with Gasteiger partial charge in [0.2, 0.25) is 0 Å². The van der Waals surface area contributed by atoms with Crippen LogP contribution in [0.15, 0.2) is 12.7 Å². The second-order valence-corrected chi connectivity index (χ2v) is 4.32. The van der Waals surface area contributed by atoms with E-state index in [0.29, 0.717) is 12.5 Å². The van der Waals surface area contributed by atoms with Gasteiger partial charge in [0.1, 0.15) is 25.0 Å². The summed E-state index contributed by atoms with van der Waals surface area (Å²) >= 11 is 0. The molecule has 0 saturated carbocycles. The molecule has 0 fully saturated rings. The Morgan fingerprint density at radius 2 is 2.35 bits per heavy atom. The zero-order chi connectivity index (χ0) is 11.7. The van der Waals surface area contributed by atoms with Crippen molar-refractivity contribution in [3.05, 3.63) is 24.3 Å². The maximum absolute atomic E-state index is 9.22. The van der Waals surface area contributed by atoms with Gasteiger partial charge in [0.05, 0.1) is 0 Å². The van der Waals surface area contributed by atoms with Crippen LogP contribution in [0.3, 0.4) is 0 Å². The molecule has 1 aliphatic heterocycles. The van der Waals surface area contributed by atoms with Crippen molar-refractivity contribution in [2.45, 2.75) is 25.9 Å². The smallest absolute Gasteiger partial charge is 0.154 e. The molecule has 1 aliphatic rings. The van der Waals surface area contributed by atoms with E-state index in [0.717, 1.165) is 31.0 Å². The number of hydrogen-bond acceptors (Lipinski definition) is 5. The van der Waals surface area contributed by atoms with Crippen LogP contribution in [0.2, 0.25) is 0 Å². The predicted octanol–water partition coefficient (Wildman–Crippen LogP) is -0.527. The highest BCUT2D eigenvalue weighted by molar-refractivity contribution is 5.00. The number of nitrogens with zero attached hydrogens (tertiary/aromatic N) is 6. The molecule has 0 aliphatic carbocycles. The summed E-state index contributed by atoms with van der Waals surface area (Å²) in [5, 5.41) is 21.6. The van der Waals surface area contributed by atoms with Crippen LogP contribution in [0, 0.1) is 5.92 Å². The van der Waals surface area contributed by atoms with Crippen molar-refractivity contribution in [3.8, 4) is 0 Å². The molecule has 1 unspecified atom stereocenters. The maximum atomic E-state index is 9.22. The number of aromatic nitrogens is 6. The molecule has 2 aromatic rings. The van der Waals surface area contributed by atoms with Gasteiger partial charge in [0.25, 0.3) is 0 Å². The first-order valence-electron chi connectivity index (χ1n) is 5.71. The van der Waals surface area contributed by atoms with Crippen LogP contribution >= 0.6 is 0 Å². The van der Waals surface area contributed by atoms with Gasteiger partial charge in [-0.3, -0.25) is 0 Å². The Balaban J connectivity index is 1.84. The topological polar surface area (TPSA) is 81.7 Å². The molecule has 0 radical (unpaired) electrons. The molecule has 1 atom stereocenters. The van der Waals surface area contributed by atoms with E-state index in [-0.39, 0.29) is 6.61 Å². The van der Waals surface area contributed by atoms with Crippen LogP contribution in [0.5, 0.6) is 0 Å². The molecule has 0 saturated heterocycles. The first-order valence-corrected chi connectivity index (χ1v) is 5.71. The van der Waals surface area contributed by atoms with Crippen molar-refractivity contribution in [1.82, 2.24) is 29.5 Å². The summed E-state index contributed by atoms with van der Waals surface area (Å²) in [6.07, 6.45) is 5.03. The Morgan fingerprint density at radius 1 is 1.41 bits per heavy atom. The minimum atomic E-state index is 0.223. The Bertz CT molecular complexity index is 491. The van der Waals surface area contributed by atoms with E-state index >= 15 is 0 Å². The summed E-state index contributed by atoms with van der Waals surface area (Å²) in [4.78, 5) is 3.90. The molecule has 7 nitrogen and oxygen atoms in total. The molecule has 17 heavy (non-hydrogen) atoms. The summed E-state index contributed by atoms with van der Waals surface area (Å²) in [5.41, 5.74) is 0. The van der Waals surface area contributed by atoms with Gasteiger partial charge >= 0.3 is 0 Å². The zero-order valence-electron chi connectivity index (χ0n) is 9.40. The Morgan fingerprint density at radius 3 is 3.12 bits per heavy atom. The van der Waals surface area contributed by atoms with Gasteiger partial charge in [-0.15, -0.1) is 10.2 Å². The predicted molar refractivity (Wildman–Crippen MR) is 58.0 cm³/mol. The van der Waals surface area contributed by atoms with Crippen LogP contribution in [-0.2, 0) is 19.5 Å². The fourth-order valence-corrected chi connectivity index (χ4v) is 2.18. The number of fused-ring (bicyclic) bond motifs is 1. The summed E-state index contributed by atoms with van der Waals surface area (Å²) in [7, 11) is 0. The number of hydrogen-bond donors (Lipinski definition) is 1. The average molecular weight is 234 g/mol. The molecule has 0 amide bonds.